The third-order valence-corrected chi connectivity index (χ3v) is 2.81. The van der Waals surface area contributed by atoms with Crippen LogP contribution < -0.4 is 16.2 Å². The summed E-state index contributed by atoms with van der Waals surface area (Å²) in [6.45, 7) is 4.92. The lowest BCUT2D eigenvalue weighted by molar-refractivity contribution is 0.687. The highest BCUT2D eigenvalue weighted by Crippen LogP contribution is 2.37. The Balaban J connectivity index is 1.85. The van der Waals surface area contributed by atoms with Gasteiger partial charge in [0.25, 0.3) is 5.56 Å². The Labute approximate surface area is 101 Å². The molecule has 0 amide bonds. The Hall–Kier alpha value is -1.36. The molecule has 3 N–H and O–H groups in total. The van der Waals surface area contributed by atoms with E-state index in [1.165, 1.54) is 6.07 Å². The molecule has 17 heavy (non-hydrogen) atoms. The smallest absolute Gasteiger partial charge is 0.252 e. The van der Waals surface area contributed by atoms with Crippen LogP contribution in [0, 0.1) is 0 Å². The molecule has 0 aliphatic heterocycles. The topological polar surface area (TPSA) is 69.8 Å². The zero-order valence-corrected chi connectivity index (χ0v) is 10.3. The van der Waals surface area contributed by atoms with Crippen molar-refractivity contribution < 1.29 is 0 Å². The van der Waals surface area contributed by atoms with Crippen LogP contribution in [0.5, 0.6) is 0 Å². The summed E-state index contributed by atoms with van der Waals surface area (Å²) in [5.41, 5.74) is -0.0592. The molecular formula is C12H20N4O. The molecule has 1 aliphatic rings. The molecule has 5 heteroatoms. The second-order valence-electron chi connectivity index (χ2n) is 4.42. The molecule has 0 atom stereocenters. The van der Waals surface area contributed by atoms with Gasteiger partial charge in [0.2, 0.25) is 0 Å². The Kier molecular flexibility index (Phi) is 4.14. The van der Waals surface area contributed by atoms with E-state index < -0.39 is 0 Å². The third kappa shape index (κ3) is 3.85. The molecule has 0 spiro atoms. The Morgan fingerprint density at radius 2 is 2.29 bits per heavy atom. The van der Waals surface area contributed by atoms with E-state index in [1.54, 1.807) is 0 Å². The van der Waals surface area contributed by atoms with Crippen molar-refractivity contribution in [1.29, 1.82) is 0 Å². The summed E-state index contributed by atoms with van der Waals surface area (Å²) >= 11 is 0. The van der Waals surface area contributed by atoms with Gasteiger partial charge >= 0.3 is 0 Å². The average molecular weight is 236 g/mol. The van der Waals surface area contributed by atoms with Gasteiger partial charge in [-0.25, -0.2) is 4.98 Å². The number of hydrogen-bond acceptors (Lipinski definition) is 4. The highest BCUT2D eigenvalue weighted by atomic mass is 16.1. The number of aromatic amines is 1. The first-order valence-corrected chi connectivity index (χ1v) is 6.35. The normalized spacial score (nSPS) is 14.9. The monoisotopic (exact) mass is 236 g/mol. The Bertz CT molecular complexity index is 411. The predicted octanol–water partition coefficient (Wildman–Crippen LogP) is 1.06. The summed E-state index contributed by atoms with van der Waals surface area (Å²) in [7, 11) is 0. The van der Waals surface area contributed by atoms with Crippen LogP contribution in [-0.2, 0) is 0 Å². The van der Waals surface area contributed by atoms with Crippen molar-refractivity contribution in [3.8, 4) is 0 Å². The maximum atomic E-state index is 11.4. The van der Waals surface area contributed by atoms with Crippen LogP contribution >= 0.6 is 0 Å². The molecule has 0 radical (unpaired) electrons. The number of nitrogens with one attached hydrogen (secondary N) is 3. The summed E-state index contributed by atoms with van der Waals surface area (Å²) < 4.78 is 0. The minimum atomic E-state index is -0.0592. The maximum Gasteiger partial charge on any atom is 0.252 e. The van der Waals surface area contributed by atoms with Crippen LogP contribution in [0.1, 0.15) is 37.9 Å². The minimum absolute atomic E-state index is 0.0592. The van der Waals surface area contributed by atoms with E-state index in [0.717, 1.165) is 44.7 Å². The molecule has 0 aromatic carbocycles. The van der Waals surface area contributed by atoms with Gasteiger partial charge < -0.3 is 15.6 Å². The third-order valence-electron chi connectivity index (χ3n) is 2.81. The van der Waals surface area contributed by atoms with Crippen molar-refractivity contribution in [2.75, 3.05) is 25.0 Å². The summed E-state index contributed by atoms with van der Waals surface area (Å²) in [4.78, 5) is 18.7. The number of anilines is 1. The van der Waals surface area contributed by atoms with Crippen molar-refractivity contribution in [3.63, 3.8) is 0 Å². The Morgan fingerprint density at radius 1 is 1.47 bits per heavy atom. The Morgan fingerprint density at radius 3 is 3.00 bits per heavy atom. The van der Waals surface area contributed by atoms with E-state index in [4.69, 9.17) is 0 Å². The van der Waals surface area contributed by atoms with Crippen LogP contribution in [0.2, 0.25) is 0 Å². The number of rotatable bonds is 7. The SMILES string of the molecule is CCNCCCNc1cc(=O)[nH]c(C2CC2)n1. The predicted molar refractivity (Wildman–Crippen MR) is 68.5 cm³/mol. The molecule has 1 fully saturated rings. The summed E-state index contributed by atoms with van der Waals surface area (Å²) in [5.74, 6) is 2.02. The van der Waals surface area contributed by atoms with Gasteiger partial charge in [0.15, 0.2) is 0 Å². The fourth-order valence-corrected chi connectivity index (χ4v) is 1.72. The lowest BCUT2D eigenvalue weighted by Gasteiger charge is -2.06. The molecule has 0 saturated heterocycles. The zero-order chi connectivity index (χ0) is 12.1. The molecule has 1 saturated carbocycles. The molecule has 5 nitrogen and oxygen atoms in total. The van der Waals surface area contributed by atoms with Crippen LogP contribution in [0.15, 0.2) is 10.9 Å². The number of H-pyrrole nitrogens is 1. The van der Waals surface area contributed by atoms with Gasteiger partial charge in [-0.2, -0.15) is 0 Å². The van der Waals surface area contributed by atoms with Crippen molar-refractivity contribution in [3.05, 3.63) is 22.2 Å². The zero-order valence-electron chi connectivity index (χ0n) is 10.3. The number of hydrogen-bond donors (Lipinski definition) is 3. The van der Waals surface area contributed by atoms with Crippen LogP contribution in [0.3, 0.4) is 0 Å². The molecule has 0 unspecified atom stereocenters. The summed E-state index contributed by atoms with van der Waals surface area (Å²) in [6.07, 6.45) is 3.32. The van der Waals surface area contributed by atoms with Gasteiger partial charge in [0, 0.05) is 18.5 Å². The molecular weight excluding hydrogens is 216 g/mol. The van der Waals surface area contributed by atoms with Crippen molar-refractivity contribution in [2.45, 2.75) is 32.1 Å². The van der Waals surface area contributed by atoms with Crippen LogP contribution in [0.4, 0.5) is 5.82 Å². The van der Waals surface area contributed by atoms with Crippen molar-refractivity contribution in [2.24, 2.45) is 0 Å². The van der Waals surface area contributed by atoms with Crippen LogP contribution in [-0.4, -0.2) is 29.6 Å². The quantitative estimate of drug-likeness (QED) is 0.619. The van der Waals surface area contributed by atoms with Gasteiger partial charge in [0.05, 0.1) is 0 Å². The first kappa shape index (κ1) is 12.1. The first-order chi connectivity index (χ1) is 8.29. The molecule has 1 aliphatic carbocycles. The van der Waals surface area contributed by atoms with E-state index in [1.807, 2.05) is 0 Å². The highest BCUT2D eigenvalue weighted by Gasteiger charge is 2.26. The maximum absolute atomic E-state index is 11.4. The molecule has 1 aromatic rings. The highest BCUT2D eigenvalue weighted by molar-refractivity contribution is 5.33. The second kappa shape index (κ2) is 5.82. The first-order valence-electron chi connectivity index (χ1n) is 6.35. The van der Waals surface area contributed by atoms with E-state index in [-0.39, 0.29) is 5.56 Å². The lowest BCUT2D eigenvalue weighted by atomic mass is 10.3. The van der Waals surface area contributed by atoms with Gasteiger partial charge in [0.1, 0.15) is 11.6 Å². The van der Waals surface area contributed by atoms with E-state index in [0.29, 0.717) is 11.7 Å². The van der Waals surface area contributed by atoms with Gasteiger partial charge in [-0.15, -0.1) is 0 Å². The largest absolute Gasteiger partial charge is 0.370 e. The molecule has 94 valence electrons. The number of nitrogens with zero attached hydrogens (tertiary/aromatic N) is 1. The fraction of sp³-hybridized carbons (Fsp3) is 0.667. The van der Waals surface area contributed by atoms with E-state index in [2.05, 4.69) is 27.5 Å². The van der Waals surface area contributed by atoms with Gasteiger partial charge in [-0.05, 0) is 32.4 Å². The lowest BCUT2D eigenvalue weighted by Crippen LogP contribution is -2.18. The van der Waals surface area contributed by atoms with Crippen molar-refractivity contribution >= 4 is 5.82 Å². The van der Waals surface area contributed by atoms with Gasteiger partial charge in [-0.3, -0.25) is 4.79 Å². The molecule has 1 heterocycles. The summed E-state index contributed by atoms with van der Waals surface area (Å²) in [5, 5.41) is 6.45. The standard InChI is InChI=1S/C12H20N4O/c1-2-13-6-3-7-14-10-8-11(17)16-12(15-10)9-4-5-9/h8-9,13H,2-7H2,1H3,(H2,14,15,16,17). The second-order valence-corrected chi connectivity index (χ2v) is 4.42. The fourth-order valence-electron chi connectivity index (χ4n) is 1.72. The molecule has 2 rings (SSSR count). The van der Waals surface area contributed by atoms with E-state index >= 15 is 0 Å². The average Bonchev–Trinajstić information content (AvgIpc) is 3.12. The molecule has 0 bridgehead atoms. The van der Waals surface area contributed by atoms with Gasteiger partial charge in [-0.1, -0.05) is 6.92 Å². The van der Waals surface area contributed by atoms with Crippen molar-refractivity contribution in [1.82, 2.24) is 15.3 Å². The number of aromatic nitrogens is 2. The summed E-state index contributed by atoms with van der Waals surface area (Å²) in [6, 6.07) is 1.53. The molecule has 1 aromatic heterocycles. The minimum Gasteiger partial charge on any atom is -0.370 e. The van der Waals surface area contributed by atoms with E-state index in [9.17, 15) is 4.79 Å². The van der Waals surface area contributed by atoms with Crippen LogP contribution in [0.25, 0.3) is 0 Å².